The van der Waals surface area contributed by atoms with Gasteiger partial charge in [-0.15, -0.1) is 0 Å². The van der Waals surface area contributed by atoms with E-state index < -0.39 is 10.0 Å². The van der Waals surface area contributed by atoms with Crippen LogP contribution in [0.5, 0.6) is 0 Å². The molecule has 0 aromatic heterocycles. The largest absolute Gasteiger partial charge is 0.329 e. The molecule has 4 nitrogen and oxygen atoms in total. The first-order valence-electron chi connectivity index (χ1n) is 4.75. The third kappa shape index (κ3) is 3.25. The Labute approximate surface area is 79.9 Å². The Hall–Kier alpha value is -0.130. The lowest BCUT2D eigenvalue weighted by atomic mass is 9.81. The zero-order chi connectivity index (χ0) is 9.90. The molecule has 0 spiro atoms. The highest BCUT2D eigenvalue weighted by Gasteiger charge is 2.26. The lowest BCUT2D eigenvalue weighted by molar-refractivity contribution is 0.260. The highest BCUT2D eigenvalue weighted by molar-refractivity contribution is 7.89. The molecule has 1 aliphatic rings. The van der Waals surface area contributed by atoms with Gasteiger partial charge < -0.3 is 5.73 Å². The molecule has 1 atom stereocenters. The average Bonchev–Trinajstić information content (AvgIpc) is 1.79. The van der Waals surface area contributed by atoms with Crippen molar-refractivity contribution >= 4 is 10.0 Å². The van der Waals surface area contributed by atoms with E-state index in [-0.39, 0.29) is 18.3 Å². The molecule has 78 valence electrons. The van der Waals surface area contributed by atoms with Crippen LogP contribution in [0.2, 0.25) is 0 Å². The van der Waals surface area contributed by atoms with Crippen LogP contribution in [0.3, 0.4) is 0 Å². The van der Waals surface area contributed by atoms with Gasteiger partial charge in [0.05, 0.1) is 5.75 Å². The second-order valence-corrected chi connectivity index (χ2v) is 5.58. The molecule has 1 rings (SSSR count). The van der Waals surface area contributed by atoms with E-state index in [1.165, 1.54) is 6.42 Å². The number of hydrogen-bond donors (Lipinski definition) is 2. The van der Waals surface area contributed by atoms with Crippen LogP contribution >= 0.6 is 0 Å². The van der Waals surface area contributed by atoms with E-state index in [1.807, 2.05) is 6.92 Å². The maximum absolute atomic E-state index is 11.3. The Bertz CT molecular complexity index is 247. The summed E-state index contributed by atoms with van der Waals surface area (Å²) < 4.78 is 25.2. The van der Waals surface area contributed by atoms with Gasteiger partial charge in [0.15, 0.2) is 0 Å². The van der Waals surface area contributed by atoms with Crippen molar-refractivity contribution in [2.75, 3.05) is 12.3 Å². The van der Waals surface area contributed by atoms with Crippen molar-refractivity contribution in [1.82, 2.24) is 4.72 Å². The Balaban J connectivity index is 2.37. The van der Waals surface area contributed by atoms with E-state index >= 15 is 0 Å². The van der Waals surface area contributed by atoms with Crippen molar-refractivity contribution in [2.45, 2.75) is 32.2 Å². The van der Waals surface area contributed by atoms with Gasteiger partial charge in [0.2, 0.25) is 10.0 Å². The second-order valence-electron chi connectivity index (χ2n) is 3.71. The van der Waals surface area contributed by atoms with E-state index in [0.717, 1.165) is 12.8 Å². The van der Waals surface area contributed by atoms with Gasteiger partial charge in [-0.05, 0) is 25.7 Å². The fourth-order valence-corrected chi connectivity index (χ4v) is 2.72. The molecule has 1 fully saturated rings. The number of nitrogens with one attached hydrogen (secondary N) is 1. The van der Waals surface area contributed by atoms with Crippen LogP contribution in [0.25, 0.3) is 0 Å². The van der Waals surface area contributed by atoms with Crippen LogP contribution in [-0.2, 0) is 10.0 Å². The van der Waals surface area contributed by atoms with Crippen molar-refractivity contribution in [3.8, 4) is 0 Å². The normalized spacial score (nSPS) is 21.1. The standard InChI is InChI=1S/C8H18N2O2S/c1-7(8-3-2-4-8)10-13(11,12)6-5-9/h7-8,10H,2-6,9H2,1H3. The second kappa shape index (κ2) is 4.39. The minimum absolute atomic E-state index is 0.0318. The summed E-state index contributed by atoms with van der Waals surface area (Å²) >= 11 is 0. The molecular formula is C8H18N2O2S. The highest BCUT2D eigenvalue weighted by Crippen LogP contribution is 2.29. The fraction of sp³-hybridized carbons (Fsp3) is 1.00. The number of sulfonamides is 1. The Morgan fingerprint density at radius 3 is 2.54 bits per heavy atom. The molecule has 0 radical (unpaired) electrons. The molecule has 1 aliphatic carbocycles. The van der Waals surface area contributed by atoms with Crippen molar-refractivity contribution in [1.29, 1.82) is 0 Å². The molecule has 0 aliphatic heterocycles. The minimum Gasteiger partial charge on any atom is -0.329 e. The zero-order valence-corrected chi connectivity index (χ0v) is 8.81. The lowest BCUT2D eigenvalue weighted by Crippen LogP contribution is -2.42. The number of hydrogen-bond acceptors (Lipinski definition) is 3. The zero-order valence-electron chi connectivity index (χ0n) is 7.99. The van der Waals surface area contributed by atoms with Gasteiger partial charge in [-0.25, -0.2) is 13.1 Å². The number of rotatable bonds is 5. The molecule has 0 saturated heterocycles. The van der Waals surface area contributed by atoms with E-state index in [0.29, 0.717) is 5.92 Å². The summed E-state index contributed by atoms with van der Waals surface area (Å²) in [5.41, 5.74) is 5.19. The third-order valence-electron chi connectivity index (χ3n) is 2.61. The molecule has 0 bridgehead atoms. The van der Waals surface area contributed by atoms with Crippen LogP contribution < -0.4 is 10.5 Å². The smallest absolute Gasteiger partial charge is 0.213 e. The minimum atomic E-state index is -3.13. The predicted octanol–water partition coefficient (Wildman–Crippen LogP) is 0.0531. The van der Waals surface area contributed by atoms with Crippen molar-refractivity contribution < 1.29 is 8.42 Å². The molecule has 3 N–H and O–H groups in total. The van der Waals surface area contributed by atoms with Crippen LogP contribution in [-0.4, -0.2) is 26.8 Å². The van der Waals surface area contributed by atoms with Crippen LogP contribution in [0.15, 0.2) is 0 Å². The predicted molar refractivity (Wildman–Crippen MR) is 52.8 cm³/mol. The summed E-state index contributed by atoms with van der Waals surface area (Å²) in [6, 6.07) is 0.0744. The summed E-state index contributed by atoms with van der Waals surface area (Å²) in [5, 5.41) is 0. The van der Waals surface area contributed by atoms with E-state index in [9.17, 15) is 8.42 Å². The maximum Gasteiger partial charge on any atom is 0.213 e. The van der Waals surface area contributed by atoms with E-state index in [1.54, 1.807) is 0 Å². The molecule has 0 amide bonds. The number of nitrogens with two attached hydrogens (primary N) is 1. The first-order valence-corrected chi connectivity index (χ1v) is 6.40. The summed E-state index contributed by atoms with van der Waals surface area (Å²) in [7, 11) is -3.13. The van der Waals surface area contributed by atoms with Crippen LogP contribution in [0, 0.1) is 5.92 Å². The molecule has 5 heteroatoms. The third-order valence-corrected chi connectivity index (χ3v) is 4.11. The Morgan fingerprint density at radius 1 is 1.54 bits per heavy atom. The molecule has 0 heterocycles. The monoisotopic (exact) mass is 206 g/mol. The first kappa shape index (κ1) is 10.9. The molecule has 1 saturated carbocycles. The van der Waals surface area contributed by atoms with Gasteiger partial charge in [-0.3, -0.25) is 0 Å². The van der Waals surface area contributed by atoms with Gasteiger partial charge in [0.1, 0.15) is 0 Å². The SMILES string of the molecule is CC(NS(=O)(=O)CCN)C1CCC1. The quantitative estimate of drug-likeness (QED) is 0.668. The first-order chi connectivity index (χ1) is 6.05. The van der Waals surface area contributed by atoms with Crippen LogP contribution in [0.1, 0.15) is 26.2 Å². The van der Waals surface area contributed by atoms with Gasteiger partial charge in [0, 0.05) is 12.6 Å². The summed E-state index contributed by atoms with van der Waals surface area (Å²) in [6.45, 7) is 2.12. The molecule has 0 aromatic carbocycles. The van der Waals surface area contributed by atoms with Crippen molar-refractivity contribution in [2.24, 2.45) is 11.7 Å². The van der Waals surface area contributed by atoms with E-state index in [2.05, 4.69) is 4.72 Å². The highest BCUT2D eigenvalue weighted by atomic mass is 32.2. The fourth-order valence-electron chi connectivity index (χ4n) is 1.53. The lowest BCUT2D eigenvalue weighted by Gasteiger charge is -2.31. The Kier molecular flexibility index (Phi) is 3.70. The van der Waals surface area contributed by atoms with Gasteiger partial charge >= 0.3 is 0 Å². The maximum atomic E-state index is 11.3. The van der Waals surface area contributed by atoms with Crippen molar-refractivity contribution in [3.63, 3.8) is 0 Å². The van der Waals surface area contributed by atoms with Gasteiger partial charge in [-0.2, -0.15) is 0 Å². The molecular weight excluding hydrogens is 188 g/mol. The molecule has 13 heavy (non-hydrogen) atoms. The average molecular weight is 206 g/mol. The summed E-state index contributed by atoms with van der Waals surface area (Å²) in [5.74, 6) is 0.567. The Morgan fingerprint density at radius 2 is 2.15 bits per heavy atom. The van der Waals surface area contributed by atoms with Gasteiger partial charge in [0.25, 0.3) is 0 Å². The topological polar surface area (TPSA) is 72.2 Å². The van der Waals surface area contributed by atoms with Gasteiger partial charge in [-0.1, -0.05) is 6.42 Å². The molecule has 0 aromatic rings. The van der Waals surface area contributed by atoms with E-state index in [4.69, 9.17) is 5.73 Å². The van der Waals surface area contributed by atoms with Crippen molar-refractivity contribution in [3.05, 3.63) is 0 Å². The van der Waals surface area contributed by atoms with Crippen LogP contribution in [0.4, 0.5) is 0 Å². The molecule has 1 unspecified atom stereocenters. The summed E-state index contributed by atoms with van der Waals surface area (Å²) in [6.07, 6.45) is 3.52. The summed E-state index contributed by atoms with van der Waals surface area (Å²) in [4.78, 5) is 0.